The number of furan rings is 1. The SMILES string of the molecule is C=C.C=C(/C=C\C(=N)c1cccc2oc3cc4ccccc4cc3c12)c1c2ccccc2c(-c2ccccc2)c2ccccc12. The van der Waals surface area contributed by atoms with E-state index in [4.69, 9.17) is 9.83 Å². The predicted molar refractivity (Wildman–Crippen MR) is 194 cm³/mol. The number of allylic oxidation sites excluding steroid dienone is 3. The zero-order valence-electron chi connectivity index (χ0n) is 24.9. The summed E-state index contributed by atoms with van der Waals surface area (Å²) in [6.07, 6.45) is 3.85. The second-order valence-corrected chi connectivity index (χ2v) is 11.0. The highest BCUT2D eigenvalue weighted by molar-refractivity contribution is 6.23. The fraction of sp³-hybridized carbons (Fsp3) is 0. The molecule has 0 spiro atoms. The van der Waals surface area contributed by atoms with Crippen molar-refractivity contribution in [1.82, 2.24) is 0 Å². The van der Waals surface area contributed by atoms with Gasteiger partial charge in [0, 0.05) is 16.3 Å². The molecule has 0 saturated carbocycles. The van der Waals surface area contributed by atoms with Crippen LogP contribution in [0.15, 0.2) is 170 Å². The third-order valence-corrected chi connectivity index (χ3v) is 8.42. The molecule has 7 aromatic carbocycles. The first kappa shape index (κ1) is 27.8. The van der Waals surface area contributed by atoms with E-state index >= 15 is 0 Å². The van der Waals surface area contributed by atoms with E-state index in [0.717, 1.165) is 60.2 Å². The predicted octanol–water partition coefficient (Wildman–Crippen LogP) is 12.2. The Morgan fingerprint density at radius 1 is 0.556 bits per heavy atom. The molecule has 0 aliphatic carbocycles. The molecule has 1 aromatic heterocycles. The van der Waals surface area contributed by atoms with Gasteiger partial charge in [-0.1, -0.05) is 128 Å². The molecular formula is C43H31NO. The van der Waals surface area contributed by atoms with E-state index in [2.05, 4.69) is 123 Å². The van der Waals surface area contributed by atoms with Crippen molar-refractivity contribution >= 4 is 65.5 Å². The third kappa shape index (κ3) is 4.74. The molecule has 214 valence electrons. The molecule has 0 amide bonds. The summed E-state index contributed by atoms with van der Waals surface area (Å²) < 4.78 is 6.25. The van der Waals surface area contributed by atoms with Gasteiger partial charge in [-0.05, 0) is 78.9 Å². The van der Waals surface area contributed by atoms with Gasteiger partial charge in [0.05, 0.1) is 5.71 Å². The van der Waals surface area contributed by atoms with Gasteiger partial charge in [0.1, 0.15) is 11.2 Å². The number of fused-ring (bicyclic) bond motifs is 6. The Hall–Kier alpha value is -5.99. The molecule has 0 fully saturated rings. The highest BCUT2D eigenvalue weighted by Crippen LogP contribution is 2.42. The molecule has 0 atom stereocenters. The molecule has 1 N–H and O–H groups in total. The molecular weight excluding hydrogens is 546 g/mol. The van der Waals surface area contributed by atoms with Crippen molar-refractivity contribution in [3.05, 3.63) is 176 Å². The molecule has 8 rings (SSSR count). The first-order chi connectivity index (χ1) is 22.2. The molecule has 45 heavy (non-hydrogen) atoms. The maximum atomic E-state index is 9.15. The maximum Gasteiger partial charge on any atom is 0.136 e. The molecule has 2 nitrogen and oxygen atoms in total. The van der Waals surface area contributed by atoms with Gasteiger partial charge in [-0.2, -0.15) is 0 Å². The topological polar surface area (TPSA) is 37.0 Å². The summed E-state index contributed by atoms with van der Waals surface area (Å²) >= 11 is 0. The van der Waals surface area contributed by atoms with Crippen LogP contribution in [0, 0.1) is 5.41 Å². The van der Waals surface area contributed by atoms with Gasteiger partial charge >= 0.3 is 0 Å². The first-order valence-electron chi connectivity index (χ1n) is 15.0. The number of hydrogen-bond donors (Lipinski definition) is 1. The van der Waals surface area contributed by atoms with E-state index in [-0.39, 0.29) is 0 Å². The molecule has 0 saturated heterocycles. The minimum atomic E-state index is 0.414. The molecule has 1 heterocycles. The van der Waals surface area contributed by atoms with E-state index in [1.54, 1.807) is 0 Å². The molecule has 0 aliphatic rings. The second-order valence-electron chi connectivity index (χ2n) is 11.0. The van der Waals surface area contributed by atoms with Gasteiger partial charge < -0.3 is 9.83 Å². The Labute approximate surface area is 262 Å². The Bertz CT molecular complexity index is 2390. The summed E-state index contributed by atoms with van der Waals surface area (Å²) in [4.78, 5) is 0. The smallest absolute Gasteiger partial charge is 0.136 e. The Morgan fingerprint density at radius 3 is 1.80 bits per heavy atom. The van der Waals surface area contributed by atoms with Crippen molar-refractivity contribution in [3.63, 3.8) is 0 Å². The van der Waals surface area contributed by atoms with Crippen LogP contribution in [0.25, 0.3) is 71.0 Å². The lowest BCUT2D eigenvalue weighted by atomic mass is 9.86. The first-order valence-corrected chi connectivity index (χ1v) is 15.0. The number of benzene rings is 7. The molecule has 0 radical (unpaired) electrons. The minimum Gasteiger partial charge on any atom is -0.456 e. The second kappa shape index (κ2) is 11.6. The van der Waals surface area contributed by atoms with Crippen molar-refractivity contribution in [3.8, 4) is 11.1 Å². The number of rotatable bonds is 5. The molecule has 8 aromatic rings. The zero-order chi connectivity index (χ0) is 30.9. The van der Waals surface area contributed by atoms with Crippen molar-refractivity contribution in [2.24, 2.45) is 0 Å². The number of nitrogens with one attached hydrogen (secondary N) is 1. The third-order valence-electron chi connectivity index (χ3n) is 8.42. The summed E-state index contributed by atoms with van der Waals surface area (Å²) in [5.74, 6) is 0. The average Bonchev–Trinajstić information content (AvgIpc) is 3.47. The largest absolute Gasteiger partial charge is 0.456 e. The van der Waals surface area contributed by atoms with Crippen LogP contribution in [0.1, 0.15) is 11.1 Å². The summed E-state index contributed by atoms with van der Waals surface area (Å²) in [6, 6.07) is 46.2. The molecule has 2 heteroatoms. The summed E-state index contributed by atoms with van der Waals surface area (Å²) in [7, 11) is 0. The fourth-order valence-corrected chi connectivity index (χ4v) is 6.48. The Kier molecular flexibility index (Phi) is 7.17. The zero-order valence-corrected chi connectivity index (χ0v) is 24.9. The van der Waals surface area contributed by atoms with Crippen LogP contribution >= 0.6 is 0 Å². The average molecular weight is 578 g/mol. The van der Waals surface area contributed by atoms with Crippen molar-refractivity contribution < 1.29 is 4.42 Å². The van der Waals surface area contributed by atoms with Crippen LogP contribution in [-0.2, 0) is 0 Å². The highest BCUT2D eigenvalue weighted by atomic mass is 16.3. The summed E-state index contributed by atoms with van der Waals surface area (Å²) in [5.41, 5.74) is 7.25. The van der Waals surface area contributed by atoms with Crippen molar-refractivity contribution in [1.29, 1.82) is 5.41 Å². The number of hydrogen-bond acceptors (Lipinski definition) is 2. The summed E-state index contributed by atoms with van der Waals surface area (Å²) in [6.45, 7) is 10.5. The van der Waals surface area contributed by atoms with E-state index in [9.17, 15) is 0 Å². The lowest BCUT2D eigenvalue weighted by Gasteiger charge is -2.17. The molecule has 0 bridgehead atoms. The van der Waals surface area contributed by atoms with Gasteiger partial charge in [-0.15, -0.1) is 13.2 Å². The summed E-state index contributed by atoms with van der Waals surface area (Å²) in [5, 5.41) is 18.1. The van der Waals surface area contributed by atoms with Gasteiger partial charge in [0.2, 0.25) is 0 Å². The van der Waals surface area contributed by atoms with Crippen molar-refractivity contribution in [2.45, 2.75) is 0 Å². The molecule has 0 unspecified atom stereocenters. The van der Waals surface area contributed by atoms with Gasteiger partial charge in [-0.3, -0.25) is 0 Å². The van der Waals surface area contributed by atoms with Crippen LogP contribution in [0.4, 0.5) is 0 Å². The van der Waals surface area contributed by atoms with E-state index in [0.29, 0.717) is 5.71 Å². The molecule has 0 aliphatic heterocycles. The van der Waals surface area contributed by atoms with Crippen LogP contribution < -0.4 is 0 Å². The lowest BCUT2D eigenvalue weighted by molar-refractivity contribution is 0.669. The maximum absolute atomic E-state index is 9.15. The Morgan fingerprint density at radius 2 is 1.13 bits per heavy atom. The van der Waals surface area contributed by atoms with E-state index in [1.807, 2.05) is 42.5 Å². The van der Waals surface area contributed by atoms with Crippen molar-refractivity contribution in [2.75, 3.05) is 0 Å². The standard InChI is InChI=1S/C41H27NO.C2H4/c1-26(39-30-16-7-9-18-32(30)40(27-12-3-2-4-13-27)33-19-10-8-17-31(33)39)22-23-36(42)34-20-11-21-37-41(34)35-24-28-14-5-6-15-29(28)25-38(35)43-37;1-2/h2-25,42H,1H2;1-2H2/b23-22-,42-36?;. The van der Waals surface area contributed by atoms with Gasteiger partial charge in [-0.25, -0.2) is 0 Å². The highest BCUT2D eigenvalue weighted by Gasteiger charge is 2.17. The van der Waals surface area contributed by atoms with Gasteiger partial charge in [0.25, 0.3) is 0 Å². The van der Waals surface area contributed by atoms with E-state index < -0.39 is 0 Å². The lowest BCUT2D eigenvalue weighted by Crippen LogP contribution is -1.96. The van der Waals surface area contributed by atoms with Crippen LogP contribution in [0.3, 0.4) is 0 Å². The van der Waals surface area contributed by atoms with Crippen LogP contribution in [-0.4, -0.2) is 5.71 Å². The van der Waals surface area contributed by atoms with Crippen LogP contribution in [0.2, 0.25) is 0 Å². The van der Waals surface area contributed by atoms with E-state index in [1.165, 1.54) is 21.9 Å². The normalized spacial score (nSPS) is 11.4. The quantitative estimate of drug-likeness (QED) is 0.0939. The van der Waals surface area contributed by atoms with Crippen LogP contribution in [0.5, 0.6) is 0 Å². The van der Waals surface area contributed by atoms with Gasteiger partial charge in [0.15, 0.2) is 0 Å². The minimum absolute atomic E-state index is 0.414. The monoisotopic (exact) mass is 577 g/mol. The fourth-order valence-electron chi connectivity index (χ4n) is 6.48. The Balaban J connectivity index is 0.00000160.